The number of benzene rings is 1. The van der Waals surface area contributed by atoms with Gasteiger partial charge in [-0.3, -0.25) is 9.59 Å². The van der Waals surface area contributed by atoms with Gasteiger partial charge >= 0.3 is 5.97 Å². The van der Waals surface area contributed by atoms with Gasteiger partial charge in [0, 0.05) is 38.2 Å². The van der Waals surface area contributed by atoms with Crippen LogP contribution in [0.3, 0.4) is 0 Å². The largest absolute Gasteiger partial charge is 0.481 e. The van der Waals surface area contributed by atoms with Crippen LogP contribution in [0.15, 0.2) is 23.1 Å². The number of aryl methyl sites for hydroxylation is 1. The number of carbonyl (C=O) groups is 2. The Balaban J connectivity index is 2.21. The SMILES string of the molecule is CCN(CC)S(=O)(=O)c1ccc(C)c(C(=O)N2CCC(CC(=O)O)CC2)c1. The molecule has 1 heterocycles. The number of amides is 1. The highest BCUT2D eigenvalue weighted by Gasteiger charge is 2.28. The molecule has 1 aromatic rings. The van der Waals surface area contributed by atoms with E-state index in [0.29, 0.717) is 44.6 Å². The van der Waals surface area contributed by atoms with Crippen LogP contribution in [0.5, 0.6) is 0 Å². The van der Waals surface area contributed by atoms with Crippen LogP contribution >= 0.6 is 0 Å². The Labute approximate surface area is 161 Å². The Morgan fingerprint density at radius 1 is 1.19 bits per heavy atom. The van der Waals surface area contributed by atoms with Crippen molar-refractivity contribution in [3.05, 3.63) is 29.3 Å². The lowest BCUT2D eigenvalue weighted by molar-refractivity contribution is -0.138. The summed E-state index contributed by atoms with van der Waals surface area (Å²) in [7, 11) is -3.63. The number of rotatable bonds is 7. The molecule has 1 aliphatic heterocycles. The monoisotopic (exact) mass is 396 g/mol. The molecule has 0 radical (unpaired) electrons. The van der Waals surface area contributed by atoms with E-state index < -0.39 is 16.0 Å². The van der Waals surface area contributed by atoms with Gasteiger partial charge in [-0.25, -0.2) is 8.42 Å². The minimum absolute atomic E-state index is 0.0852. The van der Waals surface area contributed by atoms with E-state index in [1.807, 2.05) is 0 Å². The maximum atomic E-state index is 12.9. The summed E-state index contributed by atoms with van der Waals surface area (Å²) < 4.78 is 26.9. The molecule has 0 aliphatic carbocycles. The first-order valence-electron chi connectivity index (χ1n) is 9.32. The summed E-state index contributed by atoms with van der Waals surface area (Å²) in [6.07, 6.45) is 1.42. The zero-order chi connectivity index (χ0) is 20.2. The number of sulfonamides is 1. The van der Waals surface area contributed by atoms with Crippen molar-refractivity contribution in [3.63, 3.8) is 0 Å². The predicted molar refractivity (Wildman–Crippen MR) is 102 cm³/mol. The van der Waals surface area contributed by atoms with E-state index in [0.717, 1.165) is 5.56 Å². The number of aliphatic carboxylic acids is 1. The summed E-state index contributed by atoms with van der Waals surface area (Å²) in [5.74, 6) is -0.926. The van der Waals surface area contributed by atoms with Gasteiger partial charge in [0.2, 0.25) is 10.0 Å². The molecule has 0 unspecified atom stereocenters. The maximum Gasteiger partial charge on any atom is 0.303 e. The Kier molecular flexibility index (Phi) is 7.00. The molecule has 0 saturated carbocycles. The van der Waals surface area contributed by atoms with Crippen LogP contribution < -0.4 is 0 Å². The van der Waals surface area contributed by atoms with Crippen LogP contribution in [-0.4, -0.2) is 60.8 Å². The summed E-state index contributed by atoms with van der Waals surface area (Å²) in [6.45, 7) is 7.07. The lowest BCUT2D eigenvalue weighted by atomic mass is 9.93. The van der Waals surface area contributed by atoms with Gasteiger partial charge in [0.15, 0.2) is 0 Å². The van der Waals surface area contributed by atoms with Crippen molar-refractivity contribution in [3.8, 4) is 0 Å². The van der Waals surface area contributed by atoms with E-state index >= 15 is 0 Å². The second-order valence-corrected chi connectivity index (χ2v) is 8.84. The van der Waals surface area contributed by atoms with Crippen LogP contribution in [0.2, 0.25) is 0 Å². The third-order valence-electron chi connectivity index (χ3n) is 5.15. The zero-order valence-electron chi connectivity index (χ0n) is 16.1. The van der Waals surface area contributed by atoms with Crippen molar-refractivity contribution < 1.29 is 23.1 Å². The third kappa shape index (κ3) is 4.87. The van der Waals surface area contributed by atoms with Crippen LogP contribution in [-0.2, 0) is 14.8 Å². The van der Waals surface area contributed by atoms with Gasteiger partial charge in [-0.15, -0.1) is 0 Å². The molecular weight excluding hydrogens is 368 g/mol. The average Bonchev–Trinajstić information content (AvgIpc) is 2.62. The lowest BCUT2D eigenvalue weighted by Gasteiger charge is -2.32. The fourth-order valence-corrected chi connectivity index (χ4v) is 4.95. The summed E-state index contributed by atoms with van der Waals surface area (Å²) in [5.41, 5.74) is 1.12. The number of carboxylic acids is 1. The van der Waals surface area contributed by atoms with Crippen LogP contribution in [0.25, 0.3) is 0 Å². The fourth-order valence-electron chi connectivity index (χ4n) is 3.46. The topological polar surface area (TPSA) is 95.0 Å². The molecule has 0 aromatic heterocycles. The molecule has 1 fully saturated rings. The predicted octanol–water partition coefficient (Wildman–Crippen LogP) is 2.35. The molecule has 7 nitrogen and oxygen atoms in total. The number of hydrogen-bond acceptors (Lipinski definition) is 4. The van der Waals surface area contributed by atoms with Crippen molar-refractivity contribution in [1.29, 1.82) is 0 Å². The molecule has 27 heavy (non-hydrogen) atoms. The molecule has 1 N–H and O–H groups in total. The van der Waals surface area contributed by atoms with Crippen LogP contribution in [0.4, 0.5) is 0 Å². The smallest absolute Gasteiger partial charge is 0.303 e. The first kappa shape index (κ1) is 21.4. The fraction of sp³-hybridized carbons (Fsp3) is 0.579. The number of carbonyl (C=O) groups excluding carboxylic acids is 1. The number of nitrogens with zero attached hydrogens (tertiary/aromatic N) is 2. The van der Waals surface area contributed by atoms with Crippen molar-refractivity contribution in [2.75, 3.05) is 26.2 Å². The molecule has 1 saturated heterocycles. The van der Waals surface area contributed by atoms with Gasteiger partial charge in [-0.1, -0.05) is 19.9 Å². The van der Waals surface area contributed by atoms with Gasteiger partial charge in [0.25, 0.3) is 5.91 Å². The Morgan fingerprint density at radius 3 is 2.30 bits per heavy atom. The van der Waals surface area contributed by atoms with Crippen LogP contribution in [0, 0.1) is 12.8 Å². The van der Waals surface area contributed by atoms with Crippen LogP contribution in [0.1, 0.15) is 49.0 Å². The highest BCUT2D eigenvalue weighted by molar-refractivity contribution is 7.89. The molecule has 2 rings (SSSR count). The molecule has 1 amide bonds. The third-order valence-corrected chi connectivity index (χ3v) is 7.19. The number of likely N-dealkylation sites (tertiary alicyclic amines) is 1. The molecule has 150 valence electrons. The average molecular weight is 397 g/mol. The van der Waals surface area contributed by atoms with E-state index in [2.05, 4.69) is 0 Å². The van der Waals surface area contributed by atoms with Crippen molar-refractivity contribution in [2.24, 2.45) is 5.92 Å². The van der Waals surface area contributed by atoms with E-state index in [1.165, 1.54) is 10.4 Å². The normalized spacial score (nSPS) is 15.9. The van der Waals surface area contributed by atoms with Gasteiger partial charge in [-0.2, -0.15) is 4.31 Å². The standard InChI is InChI=1S/C19H28N2O5S/c1-4-21(5-2)27(25,26)16-7-6-14(3)17(13-16)19(24)20-10-8-15(9-11-20)12-18(22)23/h6-7,13,15H,4-5,8-12H2,1-3H3,(H,22,23). The molecule has 0 atom stereocenters. The van der Waals surface area contributed by atoms with E-state index in [9.17, 15) is 18.0 Å². The summed E-state index contributed by atoms with van der Waals surface area (Å²) in [6, 6.07) is 4.67. The van der Waals surface area contributed by atoms with Gasteiger partial charge in [-0.05, 0) is 43.4 Å². The van der Waals surface area contributed by atoms with E-state index in [1.54, 1.807) is 37.8 Å². The summed E-state index contributed by atoms with van der Waals surface area (Å²) >= 11 is 0. The van der Waals surface area contributed by atoms with Gasteiger partial charge in [0.05, 0.1) is 4.90 Å². The zero-order valence-corrected chi connectivity index (χ0v) is 17.0. The first-order chi connectivity index (χ1) is 12.7. The highest BCUT2D eigenvalue weighted by Crippen LogP contribution is 2.25. The van der Waals surface area contributed by atoms with Gasteiger partial charge in [0.1, 0.15) is 0 Å². The minimum Gasteiger partial charge on any atom is -0.481 e. The minimum atomic E-state index is -3.63. The summed E-state index contributed by atoms with van der Waals surface area (Å²) in [4.78, 5) is 25.6. The number of piperidine rings is 1. The molecular formula is C19H28N2O5S. The molecule has 1 aromatic carbocycles. The molecule has 0 bridgehead atoms. The Morgan fingerprint density at radius 2 is 1.78 bits per heavy atom. The second kappa shape index (κ2) is 8.84. The Bertz CT molecular complexity index is 794. The van der Waals surface area contributed by atoms with E-state index in [-0.39, 0.29) is 23.1 Å². The van der Waals surface area contributed by atoms with Crippen molar-refractivity contribution in [2.45, 2.75) is 44.9 Å². The lowest BCUT2D eigenvalue weighted by Crippen LogP contribution is -2.39. The van der Waals surface area contributed by atoms with Crippen molar-refractivity contribution in [1.82, 2.24) is 9.21 Å². The van der Waals surface area contributed by atoms with Crippen molar-refractivity contribution >= 4 is 21.9 Å². The van der Waals surface area contributed by atoms with E-state index in [4.69, 9.17) is 5.11 Å². The Hall–Kier alpha value is -1.93. The maximum absolute atomic E-state index is 12.9. The van der Waals surface area contributed by atoms with Gasteiger partial charge < -0.3 is 10.0 Å². The number of hydrogen-bond donors (Lipinski definition) is 1. The summed E-state index contributed by atoms with van der Waals surface area (Å²) in [5, 5.41) is 8.91. The quantitative estimate of drug-likeness (QED) is 0.763. The highest BCUT2D eigenvalue weighted by atomic mass is 32.2. The molecule has 8 heteroatoms. The molecule has 0 spiro atoms. The first-order valence-corrected chi connectivity index (χ1v) is 10.8. The molecule has 1 aliphatic rings. The number of carboxylic acid groups (broad SMARTS) is 1. The second-order valence-electron chi connectivity index (χ2n) is 6.90.